The van der Waals surface area contributed by atoms with E-state index in [9.17, 15) is 0 Å². The summed E-state index contributed by atoms with van der Waals surface area (Å²) >= 11 is 0. The van der Waals surface area contributed by atoms with Gasteiger partial charge in [0.25, 0.3) is 0 Å². The van der Waals surface area contributed by atoms with Gasteiger partial charge in [-0.2, -0.15) is 0 Å². The molecule has 0 fully saturated rings. The number of hydrogen-bond acceptors (Lipinski definition) is 1. The zero-order chi connectivity index (χ0) is 14.2. The highest BCUT2D eigenvalue weighted by atomic mass is 16.5. The summed E-state index contributed by atoms with van der Waals surface area (Å²) in [5.74, 6) is 0. The van der Waals surface area contributed by atoms with E-state index in [4.69, 9.17) is 4.74 Å². The zero-order valence-electron chi connectivity index (χ0n) is 13.5. The van der Waals surface area contributed by atoms with Gasteiger partial charge in [0.15, 0.2) is 0 Å². The molecule has 0 radical (unpaired) electrons. The van der Waals surface area contributed by atoms with Crippen LogP contribution in [-0.4, -0.2) is 6.10 Å². The second-order valence-corrected chi connectivity index (χ2v) is 5.66. The van der Waals surface area contributed by atoms with E-state index in [1.54, 1.807) is 6.26 Å². The van der Waals surface area contributed by atoms with E-state index in [1.807, 2.05) is 0 Å². The lowest BCUT2D eigenvalue weighted by atomic mass is 10.0. The predicted molar refractivity (Wildman–Crippen MR) is 86.4 cm³/mol. The first-order valence-electron chi connectivity index (χ1n) is 8.61. The topological polar surface area (TPSA) is 9.23 Å². The minimum Gasteiger partial charge on any atom is -0.499 e. The Morgan fingerprint density at radius 1 is 0.789 bits per heavy atom. The number of ether oxygens (including phenoxy) is 1. The summed E-state index contributed by atoms with van der Waals surface area (Å²) < 4.78 is 5.45. The maximum Gasteiger partial charge on any atom is 0.0975 e. The van der Waals surface area contributed by atoms with E-state index in [2.05, 4.69) is 20.4 Å². The molecule has 0 aromatic rings. The molecule has 0 heterocycles. The summed E-state index contributed by atoms with van der Waals surface area (Å²) in [4.78, 5) is 0. The van der Waals surface area contributed by atoms with Gasteiger partial charge in [-0.3, -0.25) is 0 Å². The Bertz CT molecular complexity index is 177. The number of unbranched alkanes of at least 4 members (excludes halogenated alkanes) is 10. The first-order valence-corrected chi connectivity index (χ1v) is 8.61. The van der Waals surface area contributed by atoms with E-state index in [0.29, 0.717) is 6.10 Å². The zero-order valence-corrected chi connectivity index (χ0v) is 13.5. The van der Waals surface area contributed by atoms with Crippen LogP contribution in [0.25, 0.3) is 0 Å². The van der Waals surface area contributed by atoms with Crippen LogP contribution in [0.5, 0.6) is 0 Å². The van der Waals surface area contributed by atoms with Crippen LogP contribution in [0.1, 0.15) is 97.3 Å². The molecule has 0 aliphatic rings. The average molecular weight is 268 g/mol. The Hall–Kier alpha value is -0.460. The molecule has 0 N–H and O–H groups in total. The summed E-state index contributed by atoms with van der Waals surface area (Å²) in [5.41, 5.74) is 0. The fourth-order valence-corrected chi connectivity index (χ4v) is 2.54. The van der Waals surface area contributed by atoms with Crippen molar-refractivity contribution in [1.82, 2.24) is 0 Å². The Labute approximate surface area is 121 Å². The lowest BCUT2D eigenvalue weighted by molar-refractivity contribution is 0.129. The fraction of sp³-hybridized carbons (Fsp3) is 0.889. The van der Waals surface area contributed by atoms with Crippen LogP contribution in [0.3, 0.4) is 0 Å². The Balaban J connectivity index is 3.11. The minimum absolute atomic E-state index is 0.399. The smallest absolute Gasteiger partial charge is 0.0975 e. The van der Waals surface area contributed by atoms with Crippen molar-refractivity contribution < 1.29 is 4.74 Å². The van der Waals surface area contributed by atoms with Crippen molar-refractivity contribution in [3.05, 3.63) is 12.8 Å². The van der Waals surface area contributed by atoms with E-state index >= 15 is 0 Å². The summed E-state index contributed by atoms with van der Waals surface area (Å²) in [5, 5.41) is 0. The SMILES string of the molecule is C=COC(CC)CCCCCCCCCCCCC. The number of rotatable bonds is 15. The van der Waals surface area contributed by atoms with Crippen molar-refractivity contribution in [2.45, 2.75) is 103 Å². The quantitative estimate of drug-likeness (QED) is 0.239. The van der Waals surface area contributed by atoms with E-state index < -0.39 is 0 Å². The van der Waals surface area contributed by atoms with Crippen molar-refractivity contribution in [2.24, 2.45) is 0 Å². The van der Waals surface area contributed by atoms with Crippen LogP contribution in [0.15, 0.2) is 12.8 Å². The van der Waals surface area contributed by atoms with Gasteiger partial charge in [-0.1, -0.05) is 84.6 Å². The largest absolute Gasteiger partial charge is 0.499 e. The molecule has 0 aliphatic carbocycles. The van der Waals surface area contributed by atoms with Gasteiger partial charge in [0.05, 0.1) is 12.4 Å². The van der Waals surface area contributed by atoms with Crippen molar-refractivity contribution in [3.63, 3.8) is 0 Å². The molecule has 0 amide bonds. The van der Waals surface area contributed by atoms with Gasteiger partial charge in [-0.25, -0.2) is 0 Å². The van der Waals surface area contributed by atoms with Gasteiger partial charge in [-0.15, -0.1) is 0 Å². The van der Waals surface area contributed by atoms with Crippen molar-refractivity contribution >= 4 is 0 Å². The molecule has 1 heteroatoms. The highest BCUT2D eigenvalue weighted by Gasteiger charge is 2.04. The van der Waals surface area contributed by atoms with Crippen molar-refractivity contribution in [3.8, 4) is 0 Å². The summed E-state index contributed by atoms with van der Waals surface area (Å²) in [6, 6.07) is 0. The molecule has 0 saturated heterocycles. The van der Waals surface area contributed by atoms with Crippen molar-refractivity contribution in [1.29, 1.82) is 0 Å². The van der Waals surface area contributed by atoms with Gasteiger partial charge >= 0.3 is 0 Å². The molecule has 0 saturated carbocycles. The second-order valence-electron chi connectivity index (χ2n) is 5.66. The predicted octanol–water partition coefficient (Wildman–Crippen LogP) is 6.63. The average Bonchev–Trinajstić information content (AvgIpc) is 2.43. The molecule has 19 heavy (non-hydrogen) atoms. The van der Waals surface area contributed by atoms with Crippen LogP contribution in [0.4, 0.5) is 0 Å². The monoisotopic (exact) mass is 268 g/mol. The lowest BCUT2D eigenvalue weighted by Crippen LogP contribution is -2.07. The molecule has 0 rings (SSSR count). The molecule has 1 unspecified atom stereocenters. The van der Waals surface area contributed by atoms with Crippen LogP contribution in [0, 0.1) is 0 Å². The van der Waals surface area contributed by atoms with Gasteiger partial charge < -0.3 is 4.74 Å². The highest BCUT2D eigenvalue weighted by molar-refractivity contribution is 4.61. The Morgan fingerprint density at radius 2 is 1.26 bits per heavy atom. The molecule has 114 valence electrons. The molecule has 1 atom stereocenters. The highest BCUT2D eigenvalue weighted by Crippen LogP contribution is 2.14. The van der Waals surface area contributed by atoms with Gasteiger partial charge in [0.1, 0.15) is 0 Å². The molecule has 0 aliphatic heterocycles. The van der Waals surface area contributed by atoms with Crippen LogP contribution in [0.2, 0.25) is 0 Å². The van der Waals surface area contributed by atoms with E-state index in [-0.39, 0.29) is 0 Å². The third-order valence-electron chi connectivity index (χ3n) is 3.87. The molecular formula is C18H36O. The van der Waals surface area contributed by atoms with Gasteiger partial charge in [-0.05, 0) is 19.3 Å². The molecule has 0 spiro atoms. The fourth-order valence-electron chi connectivity index (χ4n) is 2.54. The lowest BCUT2D eigenvalue weighted by Gasteiger charge is -2.13. The standard InChI is InChI=1S/C18H36O/c1-4-7-8-9-10-11-12-13-14-15-16-17-18(5-2)19-6-3/h6,18H,3-5,7-17H2,1-2H3. The molecule has 1 nitrogen and oxygen atoms in total. The molecule has 0 bridgehead atoms. The molecule has 0 aromatic heterocycles. The minimum atomic E-state index is 0.399. The summed E-state index contributed by atoms with van der Waals surface area (Å²) in [7, 11) is 0. The van der Waals surface area contributed by atoms with Gasteiger partial charge in [0, 0.05) is 0 Å². The summed E-state index contributed by atoms with van der Waals surface area (Å²) in [6.45, 7) is 8.10. The first-order chi connectivity index (χ1) is 9.35. The Kier molecular flexibility index (Phi) is 15.2. The summed E-state index contributed by atoms with van der Waals surface area (Å²) in [6.07, 6.45) is 19.8. The normalized spacial score (nSPS) is 12.3. The van der Waals surface area contributed by atoms with Crippen molar-refractivity contribution in [2.75, 3.05) is 0 Å². The Morgan fingerprint density at radius 3 is 1.68 bits per heavy atom. The number of hydrogen-bond donors (Lipinski definition) is 0. The third kappa shape index (κ3) is 13.8. The molecule has 0 aromatic carbocycles. The van der Waals surface area contributed by atoms with E-state index in [1.165, 1.54) is 77.0 Å². The molecular weight excluding hydrogens is 232 g/mol. The first kappa shape index (κ1) is 18.5. The van der Waals surface area contributed by atoms with Crippen LogP contribution in [-0.2, 0) is 4.74 Å². The third-order valence-corrected chi connectivity index (χ3v) is 3.87. The van der Waals surface area contributed by atoms with Gasteiger partial charge in [0.2, 0.25) is 0 Å². The van der Waals surface area contributed by atoms with Crippen LogP contribution < -0.4 is 0 Å². The maximum absolute atomic E-state index is 5.45. The van der Waals surface area contributed by atoms with Crippen LogP contribution >= 0.6 is 0 Å². The maximum atomic E-state index is 5.45. The second kappa shape index (κ2) is 15.6. The van der Waals surface area contributed by atoms with E-state index in [0.717, 1.165) is 6.42 Å².